The van der Waals surface area contributed by atoms with Crippen LogP contribution in [0.25, 0.3) is 0 Å². The molecule has 0 saturated carbocycles. The van der Waals surface area contributed by atoms with Gasteiger partial charge in [0.2, 0.25) is 0 Å². The lowest BCUT2D eigenvalue weighted by atomic mass is 9.95. The zero-order chi connectivity index (χ0) is 14.8. The normalized spacial score (nSPS) is 26.5. The Kier molecular flexibility index (Phi) is 4.99. The molecule has 3 atom stereocenters. The molecule has 0 amide bonds. The summed E-state index contributed by atoms with van der Waals surface area (Å²) in [5, 5.41) is 0. The van der Waals surface area contributed by atoms with E-state index in [2.05, 4.69) is 56.9 Å². The van der Waals surface area contributed by atoms with E-state index in [1.165, 1.54) is 38.0 Å². The van der Waals surface area contributed by atoms with Crippen molar-refractivity contribution in [2.24, 2.45) is 5.73 Å². The van der Waals surface area contributed by atoms with Gasteiger partial charge >= 0.3 is 0 Å². The molecule has 116 valence electrons. The molecule has 0 aliphatic carbocycles. The van der Waals surface area contributed by atoms with Crippen LogP contribution in [0, 0.1) is 0 Å². The fourth-order valence-corrected chi connectivity index (χ4v) is 4.33. The third-order valence-corrected chi connectivity index (χ3v) is 5.57. The molecule has 2 N–H and O–H groups in total. The summed E-state index contributed by atoms with van der Waals surface area (Å²) in [6.07, 6.45) is 3.73. The van der Waals surface area contributed by atoms with Crippen molar-refractivity contribution in [1.82, 2.24) is 9.80 Å². The fourth-order valence-electron chi connectivity index (χ4n) is 3.91. The van der Waals surface area contributed by atoms with Crippen molar-refractivity contribution in [2.75, 3.05) is 26.2 Å². The highest BCUT2D eigenvalue weighted by Gasteiger charge is 2.35. The van der Waals surface area contributed by atoms with Crippen molar-refractivity contribution in [3.63, 3.8) is 0 Å². The van der Waals surface area contributed by atoms with Gasteiger partial charge in [0, 0.05) is 36.2 Å². The zero-order valence-corrected chi connectivity index (χ0v) is 14.4. The van der Waals surface area contributed by atoms with Crippen LogP contribution in [0.1, 0.15) is 37.8 Å². The molecular weight excluding hydrogens is 326 g/mol. The van der Waals surface area contributed by atoms with Crippen molar-refractivity contribution in [3.05, 3.63) is 34.3 Å². The van der Waals surface area contributed by atoms with E-state index in [9.17, 15) is 0 Å². The van der Waals surface area contributed by atoms with Gasteiger partial charge in [0.05, 0.1) is 6.04 Å². The number of halogens is 1. The standard InChI is InChI=1S/C17H26BrN3/c1-2-16(19)17(13-5-3-6-14(18)11-13)21-10-9-20-8-4-7-15(20)12-21/h3,5-6,11,15-17H,2,4,7-10,12,19H2,1H3. The van der Waals surface area contributed by atoms with Gasteiger partial charge in [0.1, 0.15) is 0 Å². The number of nitrogens with zero attached hydrogens (tertiary/aromatic N) is 2. The van der Waals surface area contributed by atoms with Crippen molar-refractivity contribution >= 4 is 15.9 Å². The number of benzene rings is 1. The van der Waals surface area contributed by atoms with E-state index < -0.39 is 0 Å². The molecule has 1 aromatic carbocycles. The quantitative estimate of drug-likeness (QED) is 0.904. The van der Waals surface area contributed by atoms with Crippen LogP contribution in [-0.4, -0.2) is 48.1 Å². The second-order valence-electron chi connectivity index (χ2n) is 6.40. The second kappa shape index (κ2) is 6.78. The fraction of sp³-hybridized carbons (Fsp3) is 0.647. The molecule has 3 nitrogen and oxygen atoms in total. The van der Waals surface area contributed by atoms with Gasteiger partial charge in [-0.2, -0.15) is 0 Å². The molecule has 2 fully saturated rings. The monoisotopic (exact) mass is 351 g/mol. The Morgan fingerprint density at radius 3 is 2.95 bits per heavy atom. The first-order valence-electron chi connectivity index (χ1n) is 8.18. The molecule has 0 radical (unpaired) electrons. The Morgan fingerprint density at radius 1 is 1.33 bits per heavy atom. The number of hydrogen-bond donors (Lipinski definition) is 1. The number of hydrogen-bond acceptors (Lipinski definition) is 3. The highest BCUT2D eigenvalue weighted by atomic mass is 79.9. The summed E-state index contributed by atoms with van der Waals surface area (Å²) in [6, 6.07) is 9.97. The maximum absolute atomic E-state index is 6.50. The molecule has 1 aromatic rings. The highest BCUT2D eigenvalue weighted by molar-refractivity contribution is 9.10. The predicted molar refractivity (Wildman–Crippen MR) is 91.3 cm³/mol. The largest absolute Gasteiger partial charge is 0.326 e. The Morgan fingerprint density at radius 2 is 2.19 bits per heavy atom. The van der Waals surface area contributed by atoms with E-state index in [-0.39, 0.29) is 6.04 Å². The van der Waals surface area contributed by atoms with Gasteiger partial charge in [-0.3, -0.25) is 9.80 Å². The first kappa shape index (κ1) is 15.5. The molecule has 2 aliphatic rings. The Balaban J connectivity index is 1.82. The Hall–Kier alpha value is -0.420. The van der Waals surface area contributed by atoms with Gasteiger partial charge in [0.25, 0.3) is 0 Å². The molecule has 21 heavy (non-hydrogen) atoms. The first-order valence-corrected chi connectivity index (χ1v) is 8.97. The van der Waals surface area contributed by atoms with Crippen LogP contribution >= 0.6 is 15.9 Å². The van der Waals surface area contributed by atoms with E-state index >= 15 is 0 Å². The number of fused-ring (bicyclic) bond motifs is 1. The summed E-state index contributed by atoms with van der Waals surface area (Å²) in [4.78, 5) is 5.29. The minimum Gasteiger partial charge on any atom is -0.326 e. The van der Waals surface area contributed by atoms with Crippen molar-refractivity contribution < 1.29 is 0 Å². The predicted octanol–water partition coefficient (Wildman–Crippen LogP) is 3.01. The lowest BCUT2D eigenvalue weighted by Crippen LogP contribution is -2.54. The van der Waals surface area contributed by atoms with Crippen molar-refractivity contribution in [1.29, 1.82) is 0 Å². The summed E-state index contributed by atoms with van der Waals surface area (Å²) < 4.78 is 1.15. The van der Waals surface area contributed by atoms with Crippen LogP contribution in [-0.2, 0) is 0 Å². The van der Waals surface area contributed by atoms with Crippen LogP contribution in [0.3, 0.4) is 0 Å². The molecule has 0 bridgehead atoms. The summed E-state index contributed by atoms with van der Waals surface area (Å²) in [5.74, 6) is 0. The maximum atomic E-state index is 6.50. The average molecular weight is 352 g/mol. The molecule has 2 heterocycles. The van der Waals surface area contributed by atoms with Crippen LogP contribution < -0.4 is 5.73 Å². The lowest BCUT2D eigenvalue weighted by Gasteiger charge is -2.43. The van der Waals surface area contributed by atoms with Gasteiger partial charge in [0.15, 0.2) is 0 Å². The Bertz CT molecular complexity index is 479. The lowest BCUT2D eigenvalue weighted by molar-refractivity contribution is 0.0608. The van der Waals surface area contributed by atoms with Gasteiger partial charge in [-0.05, 0) is 43.5 Å². The molecule has 2 saturated heterocycles. The summed E-state index contributed by atoms with van der Waals surface area (Å²) in [5.41, 5.74) is 7.85. The smallest absolute Gasteiger partial charge is 0.0500 e. The van der Waals surface area contributed by atoms with Gasteiger partial charge in [-0.25, -0.2) is 0 Å². The number of piperazine rings is 1. The van der Waals surface area contributed by atoms with Gasteiger partial charge < -0.3 is 5.73 Å². The SMILES string of the molecule is CCC(N)C(c1cccc(Br)c1)N1CCN2CCCC2C1. The molecule has 0 spiro atoms. The van der Waals surface area contributed by atoms with Crippen molar-refractivity contribution in [3.8, 4) is 0 Å². The summed E-state index contributed by atoms with van der Waals surface area (Å²) in [7, 11) is 0. The van der Waals surface area contributed by atoms with Crippen LogP contribution in [0.4, 0.5) is 0 Å². The van der Waals surface area contributed by atoms with Crippen LogP contribution in [0.15, 0.2) is 28.7 Å². The van der Waals surface area contributed by atoms with Crippen LogP contribution in [0.5, 0.6) is 0 Å². The van der Waals surface area contributed by atoms with Gasteiger partial charge in [-0.15, -0.1) is 0 Å². The molecule has 3 rings (SSSR count). The summed E-state index contributed by atoms with van der Waals surface area (Å²) >= 11 is 3.60. The van der Waals surface area contributed by atoms with E-state index in [1.807, 2.05) is 0 Å². The topological polar surface area (TPSA) is 32.5 Å². The van der Waals surface area contributed by atoms with E-state index in [0.29, 0.717) is 6.04 Å². The molecule has 2 aliphatic heterocycles. The molecule has 0 aromatic heterocycles. The Labute approximate surface area is 136 Å². The highest BCUT2D eigenvalue weighted by Crippen LogP contribution is 2.31. The minimum absolute atomic E-state index is 0.201. The van der Waals surface area contributed by atoms with E-state index in [4.69, 9.17) is 5.73 Å². The maximum Gasteiger partial charge on any atom is 0.0500 e. The van der Waals surface area contributed by atoms with Crippen molar-refractivity contribution in [2.45, 2.75) is 44.3 Å². The number of nitrogens with two attached hydrogens (primary N) is 1. The third-order valence-electron chi connectivity index (χ3n) is 5.08. The zero-order valence-electron chi connectivity index (χ0n) is 12.8. The molecular formula is C17H26BrN3. The third kappa shape index (κ3) is 3.34. The first-order chi connectivity index (χ1) is 10.2. The van der Waals surface area contributed by atoms with E-state index in [1.54, 1.807) is 0 Å². The average Bonchev–Trinajstić information content (AvgIpc) is 2.95. The van der Waals surface area contributed by atoms with Gasteiger partial charge in [-0.1, -0.05) is 35.0 Å². The molecule has 3 unspecified atom stereocenters. The summed E-state index contributed by atoms with van der Waals surface area (Å²) in [6.45, 7) is 7.00. The van der Waals surface area contributed by atoms with E-state index in [0.717, 1.165) is 23.5 Å². The van der Waals surface area contributed by atoms with Crippen LogP contribution in [0.2, 0.25) is 0 Å². The molecule has 4 heteroatoms. The number of rotatable bonds is 4. The minimum atomic E-state index is 0.201. The second-order valence-corrected chi connectivity index (χ2v) is 7.31.